The molecule has 1 aromatic heterocycles. The van der Waals surface area contributed by atoms with Gasteiger partial charge in [-0.05, 0) is 52.9 Å². The number of nitrogens with zero attached hydrogens (tertiary/aromatic N) is 2. The summed E-state index contributed by atoms with van der Waals surface area (Å²) in [5, 5.41) is 9.99. The molecule has 0 radical (unpaired) electrons. The molecular weight excluding hydrogens is 339 g/mol. The van der Waals surface area contributed by atoms with Gasteiger partial charge in [0.2, 0.25) is 5.88 Å². The first kappa shape index (κ1) is 11.4. The molecule has 0 saturated heterocycles. The zero-order chi connectivity index (χ0) is 12.4. The van der Waals surface area contributed by atoms with Gasteiger partial charge in [-0.25, -0.2) is 0 Å². The van der Waals surface area contributed by atoms with E-state index in [-0.39, 0.29) is 0 Å². The quantitative estimate of drug-likeness (QED) is 0.656. The lowest BCUT2D eigenvalue weighted by molar-refractivity contribution is 0.462. The summed E-state index contributed by atoms with van der Waals surface area (Å²) in [5.74, 6) is 1.30. The van der Waals surface area contributed by atoms with Crippen molar-refractivity contribution in [2.75, 3.05) is 0 Å². The van der Waals surface area contributed by atoms with Crippen LogP contribution < -0.4 is 4.74 Å². The van der Waals surface area contributed by atoms with E-state index in [1.165, 1.54) is 3.57 Å². The van der Waals surface area contributed by atoms with Crippen LogP contribution in [-0.2, 0) is 0 Å². The molecular formula is C14H9IN2O. The van der Waals surface area contributed by atoms with E-state index < -0.39 is 0 Å². The van der Waals surface area contributed by atoms with Crippen LogP contribution in [0.2, 0.25) is 0 Å². The molecule has 3 aromatic rings. The Morgan fingerprint density at radius 1 is 0.944 bits per heavy atom. The number of aromatic nitrogens is 2. The average Bonchev–Trinajstić information content (AvgIpc) is 2.42. The fourth-order valence-electron chi connectivity index (χ4n) is 1.69. The minimum Gasteiger partial charge on any atom is -0.437 e. The molecule has 3 rings (SSSR count). The number of benzene rings is 2. The van der Waals surface area contributed by atoms with E-state index in [1.54, 1.807) is 6.20 Å². The highest BCUT2D eigenvalue weighted by atomic mass is 127. The molecule has 0 aliphatic heterocycles. The van der Waals surface area contributed by atoms with E-state index in [4.69, 9.17) is 4.74 Å². The van der Waals surface area contributed by atoms with Gasteiger partial charge in [-0.15, -0.1) is 5.10 Å². The third-order valence-electron chi connectivity index (χ3n) is 2.56. The highest BCUT2D eigenvalue weighted by Gasteiger charge is 2.05. The van der Waals surface area contributed by atoms with Crippen molar-refractivity contribution in [2.24, 2.45) is 0 Å². The molecule has 0 aliphatic rings. The summed E-state index contributed by atoms with van der Waals surface area (Å²) >= 11 is 2.26. The number of ether oxygens (including phenoxy) is 1. The predicted molar refractivity (Wildman–Crippen MR) is 78.8 cm³/mol. The second-order valence-electron chi connectivity index (χ2n) is 3.79. The topological polar surface area (TPSA) is 35.0 Å². The molecule has 0 bridgehead atoms. The summed E-state index contributed by atoms with van der Waals surface area (Å²) < 4.78 is 6.94. The second-order valence-corrected chi connectivity index (χ2v) is 5.04. The summed E-state index contributed by atoms with van der Waals surface area (Å²) in [6.07, 6.45) is 1.73. The van der Waals surface area contributed by atoms with Crippen molar-refractivity contribution in [3.05, 3.63) is 58.3 Å². The van der Waals surface area contributed by atoms with Gasteiger partial charge in [0, 0.05) is 14.3 Å². The fourth-order valence-corrected chi connectivity index (χ4v) is 2.05. The molecule has 88 valence electrons. The van der Waals surface area contributed by atoms with Crippen LogP contribution in [0.15, 0.2) is 54.7 Å². The molecule has 0 N–H and O–H groups in total. The van der Waals surface area contributed by atoms with Gasteiger partial charge >= 0.3 is 0 Å². The van der Waals surface area contributed by atoms with E-state index in [0.29, 0.717) is 5.88 Å². The standard InChI is InChI=1S/C14H9IN2O/c15-11-5-7-12(8-6-11)18-14-13-4-2-1-3-10(13)9-16-17-14/h1-9H. The summed E-state index contributed by atoms with van der Waals surface area (Å²) in [6, 6.07) is 15.7. The van der Waals surface area contributed by atoms with Gasteiger partial charge < -0.3 is 4.74 Å². The number of rotatable bonds is 2. The molecule has 4 heteroatoms. The number of hydrogen-bond acceptors (Lipinski definition) is 3. The van der Waals surface area contributed by atoms with E-state index >= 15 is 0 Å². The smallest absolute Gasteiger partial charge is 0.246 e. The van der Waals surface area contributed by atoms with Gasteiger partial charge in [0.1, 0.15) is 5.75 Å². The normalized spacial score (nSPS) is 10.5. The minimum absolute atomic E-state index is 0.536. The minimum atomic E-state index is 0.536. The number of fused-ring (bicyclic) bond motifs is 1. The van der Waals surface area contributed by atoms with Crippen LogP contribution in [-0.4, -0.2) is 10.2 Å². The summed E-state index contributed by atoms with van der Waals surface area (Å²) in [7, 11) is 0. The SMILES string of the molecule is Ic1ccc(Oc2nncc3ccccc23)cc1. The maximum Gasteiger partial charge on any atom is 0.246 e. The number of hydrogen-bond donors (Lipinski definition) is 0. The van der Waals surface area contributed by atoms with Crippen LogP contribution in [0.25, 0.3) is 10.8 Å². The van der Waals surface area contributed by atoms with Crippen LogP contribution in [0, 0.1) is 3.57 Å². The Balaban J connectivity index is 2.02. The molecule has 1 heterocycles. The highest BCUT2D eigenvalue weighted by molar-refractivity contribution is 14.1. The summed E-state index contributed by atoms with van der Waals surface area (Å²) in [4.78, 5) is 0. The molecule has 0 spiro atoms. The molecule has 0 unspecified atom stereocenters. The van der Waals surface area contributed by atoms with Crippen molar-refractivity contribution in [3.63, 3.8) is 0 Å². The Labute approximate surface area is 118 Å². The highest BCUT2D eigenvalue weighted by Crippen LogP contribution is 2.26. The van der Waals surface area contributed by atoms with Gasteiger partial charge in [0.25, 0.3) is 0 Å². The van der Waals surface area contributed by atoms with Gasteiger partial charge in [-0.1, -0.05) is 18.2 Å². The maximum absolute atomic E-state index is 5.77. The van der Waals surface area contributed by atoms with Crippen LogP contribution in [0.1, 0.15) is 0 Å². The Morgan fingerprint density at radius 2 is 1.72 bits per heavy atom. The third-order valence-corrected chi connectivity index (χ3v) is 3.28. The molecule has 3 nitrogen and oxygen atoms in total. The van der Waals surface area contributed by atoms with Crippen molar-refractivity contribution in [1.82, 2.24) is 10.2 Å². The molecule has 0 saturated carbocycles. The van der Waals surface area contributed by atoms with E-state index in [0.717, 1.165) is 16.5 Å². The Bertz CT molecular complexity index is 677. The lowest BCUT2D eigenvalue weighted by Crippen LogP contribution is -1.91. The fraction of sp³-hybridized carbons (Fsp3) is 0. The maximum atomic E-state index is 5.77. The van der Waals surface area contributed by atoms with Crippen LogP contribution in [0.5, 0.6) is 11.6 Å². The molecule has 2 aromatic carbocycles. The van der Waals surface area contributed by atoms with Gasteiger partial charge in [-0.2, -0.15) is 5.10 Å². The molecule has 0 aliphatic carbocycles. The first-order valence-corrected chi connectivity index (χ1v) is 6.55. The average molecular weight is 348 g/mol. The molecule has 0 fully saturated rings. The molecule has 18 heavy (non-hydrogen) atoms. The van der Waals surface area contributed by atoms with Gasteiger partial charge in [0.05, 0.1) is 6.20 Å². The van der Waals surface area contributed by atoms with Crippen LogP contribution in [0.3, 0.4) is 0 Å². The van der Waals surface area contributed by atoms with Gasteiger partial charge in [0.15, 0.2) is 0 Å². The Kier molecular flexibility index (Phi) is 3.10. The Morgan fingerprint density at radius 3 is 2.56 bits per heavy atom. The van der Waals surface area contributed by atoms with E-state index in [1.807, 2.05) is 48.5 Å². The molecule has 0 amide bonds. The van der Waals surface area contributed by atoms with Crippen molar-refractivity contribution >= 4 is 33.4 Å². The zero-order valence-corrected chi connectivity index (χ0v) is 11.5. The lowest BCUT2D eigenvalue weighted by Gasteiger charge is -2.06. The molecule has 0 atom stereocenters. The summed E-state index contributed by atoms with van der Waals surface area (Å²) in [6.45, 7) is 0. The van der Waals surface area contributed by atoms with Gasteiger partial charge in [-0.3, -0.25) is 0 Å². The number of halogens is 1. The Hall–Kier alpha value is -1.69. The van der Waals surface area contributed by atoms with Crippen molar-refractivity contribution in [1.29, 1.82) is 0 Å². The van der Waals surface area contributed by atoms with Crippen molar-refractivity contribution in [3.8, 4) is 11.6 Å². The van der Waals surface area contributed by atoms with Crippen molar-refractivity contribution < 1.29 is 4.74 Å². The monoisotopic (exact) mass is 348 g/mol. The zero-order valence-electron chi connectivity index (χ0n) is 9.38. The summed E-state index contributed by atoms with van der Waals surface area (Å²) in [5.41, 5.74) is 0. The predicted octanol–water partition coefficient (Wildman–Crippen LogP) is 4.03. The van der Waals surface area contributed by atoms with Crippen LogP contribution in [0.4, 0.5) is 0 Å². The lowest BCUT2D eigenvalue weighted by atomic mass is 10.2. The van der Waals surface area contributed by atoms with E-state index in [9.17, 15) is 0 Å². The first-order chi connectivity index (χ1) is 8.83. The third kappa shape index (κ3) is 2.28. The van der Waals surface area contributed by atoms with E-state index in [2.05, 4.69) is 32.8 Å². The first-order valence-electron chi connectivity index (χ1n) is 5.47. The van der Waals surface area contributed by atoms with Crippen molar-refractivity contribution in [2.45, 2.75) is 0 Å². The largest absolute Gasteiger partial charge is 0.437 e. The second kappa shape index (κ2) is 4.89. The van der Waals surface area contributed by atoms with Crippen LogP contribution >= 0.6 is 22.6 Å².